The molecule has 0 aromatic heterocycles. The molecule has 0 saturated carbocycles. The lowest BCUT2D eigenvalue weighted by atomic mass is 9.92. The normalized spacial score (nSPS) is 14.9. The highest BCUT2D eigenvalue weighted by atomic mass is 35.5. The van der Waals surface area contributed by atoms with Gasteiger partial charge < -0.3 is 25.8 Å². The van der Waals surface area contributed by atoms with Crippen LogP contribution in [0.25, 0.3) is 0 Å². The number of amides is 2. The Kier molecular flexibility index (Phi) is 9.11. The van der Waals surface area contributed by atoms with E-state index in [9.17, 15) is 9.59 Å². The number of rotatable bonds is 7. The third-order valence-corrected chi connectivity index (χ3v) is 4.91. The number of ether oxygens (including phenoxy) is 2. The van der Waals surface area contributed by atoms with E-state index in [2.05, 4.69) is 10.6 Å². The van der Waals surface area contributed by atoms with E-state index < -0.39 is 6.04 Å². The quantitative estimate of drug-likeness (QED) is 0.620. The third kappa shape index (κ3) is 6.45. The topological polar surface area (TPSA) is 103 Å². The van der Waals surface area contributed by atoms with Gasteiger partial charge in [0.25, 0.3) is 5.91 Å². The second kappa shape index (κ2) is 11.5. The molecule has 2 aromatic carbocycles. The Hall–Kier alpha value is -2.61. The Balaban J connectivity index is 0.00000320. The second-order valence-corrected chi connectivity index (χ2v) is 6.95. The van der Waals surface area contributed by atoms with Crippen LogP contribution in [0.3, 0.4) is 0 Å². The summed E-state index contributed by atoms with van der Waals surface area (Å²) in [7, 11) is 0. The monoisotopic (exact) mass is 433 g/mol. The van der Waals surface area contributed by atoms with Crippen LogP contribution in [0.15, 0.2) is 48.5 Å². The van der Waals surface area contributed by atoms with Gasteiger partial charge in [0, 0.05) is 30.2 Å². The van der Waals surface area contributed by atoms with E-state index in [0.29, 0.717) is 36.8 Å². The lowest BCUT2D eigenvalue weighted by Gasteiger charge is -2.26. The predicted octanol–water partition coefficient (Wildman–Crippen LogP) is 3.45. The van der Waals surface area contributed by atoms with Gasteiger partial charge in [0.05, 0.1) is 12.6 Å². The van der Waals surface area contributed by atoms with Crippen LogP contribution in [0.1, 0.15) is 30.1 Å². The van der Waals surface area contributed by atoms with Crippen molar-refractivity contribution in [1.82, 2.24) is 0 Å². The van der Waals surface area contributed by atoms with Crippen molar-refractivity contribution in [1.29, 1.82) is 0 Å². The van der Waals surface area contributed by atoms with Crippen LogP contribution in [0.4, 0.5) is 11.4 Å². The fraction of sp³-hybridized carbons (Fsp3) is 0.364. The molecule has 7 nitrogen and oxygen atoms in total. The summed E-state index contributed by atoms with van der Waals surface area (Å²) in [5.74, 6) is 0.432. The summed E-state index contributed by atoms with van der Waals surface area (Å²) in [6.07, 6.45) is 1.58. The van der Waals surface area contributed by atoms with Crippen molar-refractivity contribution in [3.05, 3.63) is 54.1 Å². The number of carbonyl (C=O) groups is 2. The zero-order chi connectivity index (χ0) is 20.6. The molecule has 1 aliphatic rings. The number of nitrogens with two attached hydrogens (primary N) is 1. The SMILES string of the molecule is CCOc1ccc(NC(=O)c2ccc(NC(=O)C(N)C3CCOCC3)cc2)cc1.Cl. The van der Waals surface area contributed by atoms with Crippen LogP contribution in [-0.4, -0.2) is 37.7 Å². The van der Waals surface area contributed by atoms with Gasteiger partial charge in [-0.25, -0.2) is 0 Å². The number of carbonyl (C=O) groups excluding carboxylic acids is 2. The molecule has 1 atom stereocenters. The largest absolute Gasteiger partial charge is 0.494 e. The molecule has 30 heavy (non-hydrogen) atoms. The second-order valence-electron chi connectivity index (χ2n) is 6.95. The van der Waals surface area contributed by atoms with E-state index in [1.807, 2.05) is 6.92 Å². The minimum Gasteiger partial charge on any atom is -0.494 e. The highest BCUT2D eigenvalue weighted by Crippen LogP contribution is 2.20. The highest BCUT2D eigenvalue weighted by Gasteiger charge is 2.26. The predicted molar refractivity (Wildman–Crippen MR) is 119 cm³/mol. The van der Waals surface area contributed by atoms with Gasteiger partial charge in [-0.1, -0.05) is 0 Å². The molecule has 162 valence electrons. The molecule has 3 rings (SSSR count). The smallest absolute Gasteiger partial charge is 0.255 e. The number of hydrogen-bond donors (Lipinski definition) is 3. The fourth-order valence-electron chi connectivity index (χ4n) is 3.22. The minimum absolute atomic E-state index is 0. The van der Waals surface area contributed by atoms with E-state index in [4.69, 9.17) is 15.2 Å². The minimum atomic E-state index is -0.568. The molecule has 1 unspecified atom stereocenters. The number of nitrogens with one attached hydrogen (secondary N) is 2. The molecular formula is C22H28ClN3O4. The van der Waals surface area contributed by atoms with Crippen molar-refractivity contribution >= 4 is 35.6 Å². The summed E-state index contributed by atoms with van der Waals surface area (Å²) < 4.78 is 10.7. The summed E-state index contributed by atoms with van der Waals surface area (Å²) in [5.41, 5.74) is 7.87. The average molecular weight is 434 g/mol. The summed E-state index contributed by atoms with van der Waals surface area (Å²) in [5, 5.41) is 5.66. The first-order chi connectivity index (χ1) is 14.1. The van der Waals surface area contributed by atoms with Gasteiger partial charge in [-0.3, -0.25) is 9.59 Å². The maximum atomic E-state index is 12.4. The first-order valence-corrected chi connectivity index (χ1v) is 9.85. The Morgan fingerprint density at radius 1 is 1.03 bits per heavy atom. The van der Waals surface area contributed by atoms with Gasteiger partial charge in [0.1, 0.15) is 5.75 Å². The Morgan fingerprint density at radius 3 is 2.20 bits per heavy atom. The van der Waals surface area contributed by atoms with Gasteiger partial charge in [0.15, 0.2) is 0 Å². The van der Waals surface area contributed by atoms with E-state index in [0.717, 1.165) is 18.6 Å². The summed E-state index contributed by atoms with van der Waals surface area (Å²) in [6.45, 7) is 3.79. The lowest BCUT2D eigenvalue weighted by Crippen LogP contribution is -2.44. The lowest BCUT2D eigenvalue weighted by molar-refractivity contribution is -0.119. The zero-order valence-electron chi connectivity index (χ0n) is 16.9. The van der Waals surface area contributed by atoms with E-state index in [1.54, 1.807) is 48.5 Å². The molecular weight excluding hydrogens is 406 g/mol. The fourth-order valence-corrected chi connectivity index (χ4v) is 3.22. The van der Waals surface area contributed by atoms with Crippen LogP contribution in [0, 0.1) is 5.92 Å². The van der Waals surface area contributed by atoms with Crippen LogP contribution in [-0.2, 0) is 9.53 Å². The van der Waals surface area contributed by atoms with Crippen LogP contribution in [0.5, 0.6) is 5.75 Å². The molecule has 0 bridgehead atoms. The van der Waals surface area contributed by atoms with Gasteiger partial charge in [-0.05, 0) is 74.2 Å². The molecule has 2 aromatic rings. The number of halogens is 1. The van der Waals surface area contributed by atoms with Crippen molar-refractivity contribution in [2.45, 2.75) is 25.8 Å². The van der Waals surface area contributed by atoms with E-state index >= 15 is 0 Å². The van der Waals surface area contributed by atoms with E-state index in [-0.39, 0.29) is 30.1 Å². The number of benzene rings is 2. The van der Waals surface area contributed by atoms with Crippen LogP contribution >= 0.6 is 12.4 Å². The maximum Gasteiger partial charge on any atom is 0.255 e. The Morgan fingerprint density at radius 2 is 1.60 bits per heavy atom. The van der Waals surface area contributed by atoms with Gasteiger partial charge in [-0.15, -0.1) is 12.4 Å². The van der Waals surface area contributed by atoms with Crippen LogP contribution in [0.2, 0.25) is 0 Å². The summed E-state index contributed by atoms with van der Waals surface area (Å²) in [4.78, 5) is 24.8. The molecule has 8 heteroatoms. The molecule has 1 saturated heterocycles. The molecule has 1 aliphatic heterocycles. The standard InChI is InChI=1S/C22H27N3O4.ClH/c1-2-29-19-9-7-18(8-10-19)24-21(26)16-3-5-17(6-4-16)25-22(27)20(23)15-11-13-28-14-12-15;/h3-10,15,20H,2,11-14,23H2,1H3,(H,24,26)(H,25,27);1H. The molecule has 4 N–H and O–H groups in total. The zero-order valence-corrected chi connectivity index (χ0v) is 17.7. The van der Waals surface area contributed by atoms with Crippen molar-refractivity contribution < 1.29 is 19.1 Å². The molecule has 1 fully saturated rings. The maximum absolute atomic E-state index is 12.4. The van der Waals surface area contributed by atoms with Gasteiger partial charge in [-0.2, -0.15) is 0 Å². The van der Waals surface area contributed by atoms with Crippen molar-refractivity contribution in [3.8, 4) is 5.75 Å². The van der Waals surface area contributed by atoms with Gasteiger partial charge >= 0.3 is 0 Å². The van der Waals surface area contributed by atoms with Crippen molar-refractivity contribution in [2.24, 2.45) is 11.7 Å². The number of anilines is 2. The first kappa shape index (κ1) is 23.7. The van der Waals surface area contributed by atoms with E-state index in [1.165, 1.54) is 0 Å². The first-order valence-electron chi connectivity index (χ1n) is 9.85. The Bertz CT molecular complexity index is 821. The average Bonchev–Trinajstić information content (AvgIpc) is 2.76. The summed E-state index contributed by atoms with van der Waals surface area (Å²) >= 11 is 0. The summed E-state index contributed by atoms with van der Waals surface area (Å²) in [6, 6.07) is 13.3. The highest BCUT2D eigenvalue weighted by molar-refractivity contribution is 6.04. The molecule has 0 spiro atoms. The van der Waals surface area contributed by atoms with Gasteiger partial charge in [0.2, 0.25) is 5.91 Å². The number of hydrogen-bond acceptors (Lipinski definition) is 5. The molecule has 0 radical (unpaired) electrons. The van der Waals surface area contributed by atoms with Crippen molar-refractivity contribution in [2.75, 3.05) is 30.5 Å². The third-order valence-electron chi connectivity index (χ3n) is 4.91. The van der Waals surface area contributed by atoms with Crippen molar-refractivity contribution in [3.63, 3.8) is 0 Å². The molecule has 1 heterocycles. The molecule has 0 aliphatic carbocycles. The Labute approximate surface area is 182 Å². The molecule has 2 amide bonds. The van der Waals surface area contributed by atoms with Crippen LogP contribution < -0.4 is 21.1 Å².